The topological polar surface area (TPSA) is 37.6 Å². The molecule has 88 valence electrons. The molecule has 0 saturated carbocycles. The summed E-state index contributed by atoms with van der Waals surface area (Å²) in [6, 6.07) is 0. The number of hydrogen-bond donors (Lipinski definition) is 0. The predicted molar refractivity (Wildman–Crippen MR) is 69.8 cm³/mol. The fraction of sp³-hybridized carbons (Fsp3) is 0.333. The lowest BCUT2D eigenvalue weighted by atomic mass is 10.3. The molecule has 2 aromatic heterocycles. The van der Waals surface area contributed by atoms with Crippen molar-refractivity contribution in [3.63, 3.8) is 0 Å². The summed E-state index contributed by atoms with van der Waals surface area (Å²) in [7, 11) is 0. The highest BCUT2D eigenvalue weighted by atomic mass is 32.1. The number of fused-ring (bicyclic) bond motifs is 1. The van der Waals surface area contributed by atoms with Crippen LogP contribution in [0.2, 0.25) is 0 Å². The number of carbonyl (C=O) groups excluding carboxylic acids is 1. The lowest BCUT2D eigenvalue weighted by molar-refractivity contribution is 0.111. The number of hydrogen-bond acceptors (Lipinski definition) is 4. The summed E-state index contributed by atoms with van der Waals surface area (Å²) in [6.07, 6.45) is 8.99. The molecule has 0 aliphatic rings. The molecule has 0 aliphatic heterocycles. The van der Waals surface area contributed by atoms with Gasteiger partial charge in [-0.05, 0) is 6.42 Å². The molecule has 0 fully saturated rings. The van der Waals surface area contributed by atoms with E-state index in [-0.39, 0.29) is 0 Å². The van der Waals surface area contributed by atoms with Crippen LogP contribution >= 0.6 is 11.3 Å². The Kier molecular flexibility index (Phi) is 3.45. The van der Waals surface area contributed by atoms with Crippen molar-refractivity contribution in [1.82, 2.24) is 9.38 Å². The molecule has 17 heavy (non-hydrogen) atoms. The molecular weight excluding hydrogens is 234 g/mol. The van der Waals surface area contributed by atoms with Crippen molar-refractivity contribution in [2.45, 2.75) is 13.3 Å². The maximum absolute atomic E-state index is 11.2. The average Bonchev–Trinajstić information content (AvgIpc) is 2.87. The third-order valence-electron chi connectivity index (χ3n) is 2.47. The Balaban J connectivity index is 2.48. The summed E-state index contributed by atoms with van der Waals surface area (Å²) in [6.45, 7) is 3.35. The van der Waals surface area contributed by atoms with E-state index in [9.17, 15) is 4.79 Å². The lowest BCUT2D eigenvalue weighted by Crippen LogP contribution is -2.25. The molecular formula is C12H13N3OS. The SMILES string of the molecule is C#CCN(CCC)c1nc2sccn2c1C=O. The van der Waals surface area contributed by atoms with Crippen molar-refractivity contribution in [2.24, 2.45) is 0 Å². The van der Waals surface area contributed by atoms with E-state index in [4.69, 9.17) is 6.42 Å². The second-order valence-corrected chi connectivity index (χ2v) is 4.49. The molecule has 5 heteroatoms. The van der Waals surface area contributed by atoms with Crippen molar-refractivity contribution >= 4 is 28.4 Å². The zero-order valence-corrected chi connectivity index (χ0v) is 10.4. The van der Waals surface area contributed by atoms with Gasteiger partial charge in [0, 0.05) is 18.1 Å². The Bertz CT molecular complexity index is 564. The zero-order chi connectivity index (χ0) is 12.3. The number of aldehydes is 1. The standard InChI is InChI=1S/C12H13N3OS/c1-3-5-14(6-4-2)11-10(9-16)15-7-8-17-12(15)13-11/h1,7-9H,4-6H2,2H3. The van der Waals surface area contributed by atoms with E-state index < -0.39 is 0 Å². The van der Waals surface area contributed by atoms with Gasteiger partial charge in [0.1, 0.15) is 5.69 Å². The quantitative estimate of drug-likeness (QED) is 0.599. The smallest absolute Gasteiger partial charge is 0.196 e. The van der Waals surface area contributed by atoms with Gasteiger partial charge in [0.25, 0.3) is 0 Å². The molecule has 0 amide bonds. The molecule has 0 atom stereocenters. The second-order valence-electron chi connectivity index (χ2n) is 3.62. The lowest BCUT2D eigenvalue weighted by Gasteiger charge is -2.19. The molecule has 0 aliphatic carbocycles. The van der Waals surface area contributed by atoms with Gasteiger partial charge in [-0.3, -0.25) is 9.20 Å². The van der Waals surface area contributed by atoms with Crippen LogP contribution in [0.3, 0.4) is 0 Å². The highest BCUT2D eigenvalue weighted by molar-refractivity contribution is 7.15. The molecule has 4 nitrogen and oxygen atoms in total. The van der Waals surface area contributed by atoms with Gasteiger partial charge in [-0.2, -0.15) is 0 Å². The number of aromatic nitrogens is 2. The van der Waals surface area contributed by atoms with Crippen molar-refractivity contribution in [1.29, 1.82) is 0 Å². The first kappa shape index (κ1) is 11.7. The minimum atomic E-state index is 0.472. The third-order valence-corrected chi connectivity index (χ3v) is 3.22. The maximum Gasteiger partial charge on any atom is 0.196 e. The van der Waals surface area contributed by atoms with Gasteiger partial charge >= 0.3 is 0 Å². The Hall–Kier alpha value is -1.80. The van der Waals surface area contributed by atoms with E-state index in [1.54, 1.807) is 4.40 Å². The molecule has 0 unspecified atom stereocenters. The highest BCUT2D eigenvalue weighted by Gasteiger charge is 2.17. The molecule has 0 spiro atoms. The minimum Gasteiger partial charge on any atom is -0.344 e. The van der Waals surface area contributed by atoms with E-state index in [0.29, 0.717) is 18.1 Å². The number of imidazole rings is 1. The first-order chi connectivity index (χ1) is 8.31. The molecule has 0 N–H and O–H groups in total. The first-order valence-corrected chi connectivity index (χ1v) is 6.29. The van der Waals surface area contributed by atoms with Gasteiger partial charge in [0.2, 0.25) is 0 Å². The van der Waals surface area contributed by atoms with Crippen molar-refractivity contribution < 1.29 is 4.79 Å². The largest absolute Gasteiger partial charge is 0.344 e. The van der Waals surface area contributed by atoms with Crippen LogP contribution in [0.4, 0.5) is 5.82 Å². The molecule has 2 aromatic rings. The summed E-state index contributed by atoms with van der Waals surface area (Å²) >= 11 is 1.51. The fourth-order valence-electron chi connectivity index (χ4n) is 1.77. The summed E-state index contributed by atoms with van der Waals surface area (Å²) in [5.74, 6) is 3.29. The number of rotatable bonds is 5. The maximum atomic E-state index is 11.2. The molecule has 0 aromatic carbocycles. The Morgan fingerprint density at radius 3 is 3.18 bits per heavy atom. The number of anilines is 1. The van der Waals surface area contributed by atoms with Gasteiger partial charge < -0.3 is 4.90 Å². The second kappa shape index (κ2) is 5.02. The van der Waals surface area contributed by atoms with Crippen molar-refractivity contribution in [3.8, 4) is 12.3 Å². The van der Waals surface area contributed by atoms with E-state index in [0.717, 1.165) is 24.2 Å². The number of terminal acetylenes is 1. The van der Waals surface area contributed by atoms with Crippen molar-refractivity contribution in [3.05, 3.63) is 17.3 Å². The van der Waals surface area contributed by atoms with E-state index >= 15 is 0 Å². The third kappa shape index (κ3) is 2.04. The number of thiazole rings is 1. The molecule has 2 rings (SSSR count). The van der Waals surface area contributed by atoms with Gasteiger partial charge in [0.05, 0.1) is 6.54 Å². The van der Waals surface area contributed by atoms with Crippen LogP contribution in [-0.2, 0) is 0 Å². The Morgan fingerprint density at radius 2 is 2.53 bits per heavy atom. The number of nitrogens with zero attached hydrogens (tertiary/aromatic N) is 3. The van der Waals surface area contributed by atoms with E-state index in [1.807, 2.05) is 16.5 Å². The summed E-state index contributed by atoms with van der Waals surface area (Å²) in [4.78, 5) is 18.4. The van der Waals surface area contributed by atoms with Gasteiger partial charge in [0.15, 0.2) is 17.1 Å². The fourth-order valence-corrected chi connectivity index (χ4v) is 2.49. The van der Waals surface area contributed by atoms with Crippen LogP contribution in [0.5, 0.6) is 0 Å². The molecule has 2 heterocycles. The Labute approximate surface area is 104 Å². The van der Waals surface area contributed by atoms with Crippen LogP contribution in [-0.4, -0.2) is 28.8 Å². The van der Waals surface area contributed by atoms with Crippen LogP contribution in [0.15, 0.2) is 11.6 Å². The average molecular weight is 247 g/mol. The minimum absolute atomic E-state index is 0.472. The summed E-state index contributed by atoms with van der Waals surface area (Å²) in [5.41, 5.74) is 0.574. The van der Waals surface area contributed by atoms with E-state index in [2.05, 4.69) is 17.8 Å². The number of carbonyl (C=O) groups is 1. The summed E-state index contributed by atoms with van der Waals surface area (Å²) in [5, 5.41) is 1.91. The normalized spacial score (nSPS) is 10.4. The van der Waals surface area contributed by atoms with Crippen molar-refractivity contribution in [2.75, 3.05) is 18.0 Å². The van der Waals surface area contributed by atoms with Gasteiger partial charge in [-0.25, -0.2) is 4.98 Å². The molecule has 0 radical (unpaired) electrons. The van der Waals surface area contributed by atoms with Crippen LogP contribution in [0.25, 0.3) is 4.96 Å². The van der Waals surface area contributed by atoms with Crippen LogP contribution < -0.4 is 4.90 Å². The highest BCUT2D eigenvalue weighted by Crippen LogP contribution is 2.23. The monoisotopic (exact) mass is 247 g/mol. The van der Waals surface area contributed by atoms with Crippen LogP contribution in [0.1, 0.15) is 23.8 Å². The summed E-state index contributed by atoms with van der Waals surface area (Å²) < 4.78 is 1.80. The molecule has 0 bridgehead atoms. The predicted octanol–water partition coefficient (Wildman–Crippen LogP) is 2.06. The first-order valence-electron chi connectivity index (χ1n) is 5.41. The van der Waals surface area contributed by atoms with E-state index in [1.165, 1.54) is 11.3 Å². The molecule has 0 saturated heterocycles. The van der Waals surface area contributed by atoms with Gasteiger partial charge in [-0.15, -0.1) is 17.8 Å². The van der Waals surface area contributed by atoms with Gasteiger partial charge in [-0.1, -0.05) is 12.8 Å². The Morgan fingerprint density at radius 1 is 1.71 bits per heavy atom. The zero-order valence-electron chi connectivity index (χ0n) is 9.59. The van der Waals surface area contributed by atoms with Crippen LogP contribution in [0, 0.1) is 12.3 Å².